The topological polar surface area (TPSA) is 23.6 Å². The number of Topliss-reactive ketones (excluding diaryl/α,β-unsaturated/α-hetero) is 1. The number of nitrogens with zero attached hydrogens (tertiary/aromatic N) is 2. The average Bonchev–Trinajstić information content (AvgIpc) is 2.40. The molecule has 0 radical (unpaired) electrons. The lowest BCUT2D eigenvalue weighted by Crippen LogP contribution is -2.46. The first kappa shape index (κ1) is 14.1. The Morgan fingerprint density at radius 3 is 2.47 bits per heavy atom. The monoisotopic (exact) mass is 260 g/mol. The van der Waals surface area contributed by atoms with Crippen molar-refractivity contribution in [2.24, 2.45) is 0 Å². The number of hydrogen-bond donors (Lipinski definition) is 0. The minimum absolute atomic E-state index is 0.156. The maximum Gasteiger partial charge on any atom is 0.160 e. The van der Waals surface area contributed by atoms with Gasteiger partial charge in [0.25, 0.3) is 0 Å². The SMILES string of the molecule is CCCN1CCN(c2cccc(C(C)=O)c2C)CC1. The molecule has 19 heavy (non-hydrogen) atoms. The van der Waals surface area contributed by atoms with Crippen molar-refractivity contribution in [3.63, 3.8) is 0 Å². The summed E-state index contributed by atoms with van der Waals surface area (Å²) in [4.78, 5) is 16.5. The Kier molecular flexibility index (Phi) is 4.59. The van der Waals surface area contributed by atoms with Crippen LogP contribution in [0.4, 0.5) is 5.69 Å². The number of piperazine rings is 1. The van der Waals surface area contributed by atoms with Crippen molar-refractivity contribution < 1.29 is 4.79 Å². The maximum atomic E-state index is 11.6. The Balaban J connectivity index is 2.11. The Bertz CT molecular complexity index is 448. The van der Waals surface area contributed by atoms with Gasteiger partial charge in [0.05, 0.1) is 0 Å². The van der Waals surface area contributed by atoms with Crippen molar-refractivity contribution in [2.75, 3.05) is 37.6 Å². The normalized spacial score (nSPS) is 16.7. The molecule has 0 bridgehead atoms. The maximum absolute atomic E-state index is 11.6. The van der Waals surface area contributed by atoms with E-state index in [2.05, 4.69) is 29.7 Å². The van der Waals surface area contributed by atoms with Crippen LogP contribution in [0.2, 0.25) is 0 Å². The summed E-state index contributed by atoms with van der Waals surface area (Å²) in [5.74, 6) is 0.156. The number of carbonyl (C=O) groups excluding carboxylic acids is 1. The Labute approximate surface area is 116 Å². The van der Waals surface area contributed by atoms with Gasteiger partial charge in [0.1, 0.15) is 0 Å². The molecule has 104 valence electrons. The number of anilines is 1. The highest BCUT2D eigenvalue weighted by Crippen LogP contribution is 2.24. The Hall–Kier alpha value is -1.35. The Morgan fingerprint density at radius 2 is 1.89 bits per heavy atom. The number of rotatable bonds is 4. The minimum Gasteiger partial charge on any atom is -0.369 e. The van der Waals surface area contributed by atoms with Crippen LogP contribution in [0.15, 0.2) is 18.2 Å². The zero-order valence-corrected chi connectivity index (χ0v) is 12.3. The van der Waals surface area contributed by atoms with E-state index >= 15 is 0 Å². The van der Waals surface area contributed by atoms with Crippen LogP contribution in [0.5, 0.6) is 0 Å². The van der Waals surface area contributed by atoms with Gasteiger partial charge in [-0.2, -0.15) is 0 Å². The van der Waals surface area contributed by atoms with Crippen LogP contribution in [0, 0.1) is 6.92 Å². The molecule has 3 heteroatoms. The van der Waals surface area contributed by atoms with E-state index in [1.807, 2.05) is 12.1 Å². The summed E-state index contributed by atoms with van der Waals surface area (Å²) < 4.78 is 0. The van der Waals surface area contributed by atoms with Gasteiger partial charge in [-0.05, 0) is 38.4 Å². The van der Waals surface area contributed by atoms with Crippen molar-refractivity contribution in [1.82, 2.24) is 4.90 Å². The molecule has 0 saturated carbocycles. The average molecular weight is 260 g/mol. The van der Waals surface area contributed by atoms with Crippen LogP contribution in [0.1, 0.15) is 36.2 Å². The molecule has 0 N–H and O–H groups in total. The van der Waals surface area contributed by atoms with Crippen molar-refractivity contribution >= 4 is 11.5 Å². The van der Waals surface area contributed by atoms with Gasteiger partial charge < -0.3 is 4.90 Å². The number of hydrogen-bond acceptors (Lipinski definition) is 3. The molecule has 1 aliphatic heterocycles. The quantitative estimate of drug-likeness (QED) is 0.778. The summed E-state index contributed by atoms with van der Waals surface area (Å²) in [7, 11) is 0. The van der Waals surface area contributed by atoms with E-state index in [0.29, 0.717) is 0 Å². The highest BCUT2D eigenvalue weighted by Gasteiger charge is 2.19. The van der Waals surface area contributed by atoms with Crippen LogP contribution >= 0.6 is 0 Å². The fourth-order valence-electron chi connectivity index (χ4n) is 2.88. The lowest BCUT2D eigenvalue weighted by molar-refractivity contribution is 0.101. The zero-order chi connectivity index (χ0) is 13.8. The van der Waals surface area contributed by atoms with Crippen LogP contribution in [-0.4, -0.2) is 43.4 Å². The van der Waals surface area contributed by atoms with Crippen molar-refractivity contribution in [1.29, 1.82) is 0 Å². The first-order valence-corrected chi connectivity index (χ1v) is 7.21. The smallest absolute Gasteiger partial charge is 0.160 e. The molecular weight excluding hydrogens is 236 g/mol. The predicted molar refractivity (Wildman–Crippen MR) is 80.1 cm³/mol. The largest absolute Gasteiger partial charge is 0.369 e. The van der Waals surface area contributed by atoms with E-state index in [-0.39, 0.29) is 5.78 Å². The molecule has 0 atom stereocenters. The standard InChI is InChI=1S/C16H24N2O/c1-4-8-17-9-11-18(12-10-17)16-7-5-6-15(13(16)2)14(3)19/h5-7H,4,8-12H2,1-3H3. The Morgan fingerprint density at radius 1 is 1.21 bits per heavy atom. The molecule has 0 aromatic heterocycles. The molecule has 1 aliphatic rings. The summed E-state index contributed by atoms with van der Waals surface area (Å²) in [6, 6.07) is 6.06. The summed E-state index contributed by atoms with van der Waals surface area (Å²) >= 11 is 0. The molecule has 0 spiro atoms. The molecular formula is C16H24N2O. The predicted octanol–water partition coefficient (Wildman–Crippen LogP) is 2.73. The van der Waals surface area contributed by atoms with Crippen molar-refractivity contribution in [3.05, 3.63) is 29.3 Å². The van der Waals surface area contributed by atoms with E-state index in [1.54, 1.807) is 6.92 Å². The van der Waals surface area contributed by atoms with E-state index in [9.17, 15) is 4.79 Å². The molecule has 1 heterocycles. The number of carbonyl (C=O) groups is 1. The van der Waals surface area contributed by atoms with E-state index in [4.69, 9.17) is 0 Å². The van der Waals surface area contributed by atoms with E-state index in [0.717, 1.165) is 37.3 Å². The third-order valence-corrected chi connectivity index (χ3v) is 3.94. The second-order valence-corrected chi connectivity index (χ2v) is 5.33. The summed E-state index contributed by atoms with van der Waals surface area (Å²) in [5.41, 5.74) is 3.20. The zero-order valence-electron chi connectivity index (χ0n) is 12.3. The van der Waals surface area contributed by atoms with Crippen LogP contribution < -0.4 is 4.90 Å². The molecule has 1 aromatic carbocycles. The molecule has 1 saturated heterocycles. The van der Waals surface area contributed by atoms with Gasteiger partial charge in [-0.25, -0.2) is 0 Å². The fourth-order valence-corrected chi connectivity index (χ4v) is 2.88. The van der Waals surface area contributed by atoms with Gasteiger partial charge in [-0.15, -0.1) is 0 Å². The molecule has 0 amide bonds. The molecule has 1 fully saturated rings. The fraction of sp³-hybridized carbons (Fsp3) is 0.562. The van der Waals surface area contributed by atoms with Gasteiger partial charge >= 0.3 is 0 Å². The summed E-state index contributed by atoms with van der Waals surface area (Å²) in [6.45, 7) is 11.5. The van der Waals surface area contributed by atoms with E-state index in [1.165, 1.54) is 18.7 Å². The lowest BCUT2D eigenvalue weighted by Gasteiger charge is -2.37. The minimum atomic E-state index is 0.156. The van der Waals surface area contributed by atoms with Crippen molar-refractivity contribution in [2.45, 2.75) is 27.2 Å². The molecule has 1 aromatic rings. The second kappa shape index (κ2) is 6.20. The first-order valence-electron chi connectivity index (χ1n) is 7.21. The lowest BCUT2D eigenvalue weighted by atomic mass is 10.0. The van der Waals surface area contributed by atoms with Crippen LogP contribution in [0.25, 0.3) is 0 Å². The number of ketones is 1. The molecule has 0 unspecified atom stereocenters. The van der Waals surface area contributed by atoms with Crippen LogP contribution in [0.3, 0.4) is 0 Å². The number of benzene rings is 1. The second-order valence-electron chi connectivity index (χ2n) is 5.33. The van der Waals surface area contributed by atoms with Crippen LogP contribution in [-0.2, 0) is 0 Å². The third-order valence-electron chi connectivity index (χ3n) is 3.94. The highest BCUT2D eigenvalue weighted by molar-refractivity contribution is 5.96. The third kappa shape index (κ3) is 3.16. The van der Waals surface area contributed by atoms with Gasteiger partial charge in [-0.3, -0.25) is 9.69 Å². The van der Waals surface area contributed by atoms with Gasteiger partial charge in [-0.1, -0.05) is 19.1 Å². The summed E-state index contributed by atoms with van der Waals surface area (Å²) in [6.07, 6.45) is 1.22. The first-order chi connectivity index (χ1) is 9.13. The highest BCUT2D eigenvalue weighted by atomic mass is 16.1. The van der Waals surface area contributed by atoms with Gasteiger partial charge in [0.2, 0.25) is 0 Å². The summed E-state index contributed by atoms with van der Waals surface area (Å²) in [5, 5.41) is 0. The van der Waals surface area contributed by atoms with E-state index < -0.39 is 0 Å². The molecule has 3 nitrogen and oxygen atoms in total. The molecule has 0 aliphatic carbocycles. The van der Waals surface area contributed by atoms with Gasteiger partial charge in [0.15, 0.2) is 5.78 Å². The van der Waals surface area contributed by atoms with Gasteiger partial charge in [0, 0.05) is 37.4 Å². The van der Waals surface area contributed by atoms with Crippen molar-refractivity contribution in [3.8, 4) is 0 Å². The molecule has 2 rings (SSSR count).